The van der Waals surface area contributed by atoms with Gasteiger partial charge in [-0.1, -0.05) is 42.5 Å². The van der Waals surface area contributed by atoms with E-state index in [1.165, 1.54) is 17.7 Å². The fourth-order valence-electron chi connectivity index (χ4n) is 4.24. The molecule has 200 valence electrons. The van der Waals surface area contributed by atoms with E-state index in [2.05, 4.69) is 17.6 Å². The molecule has 0 fully saturated rings. The first kappa shape index (κ1) is 26.6. The zero-order valence-electron chi connectivity index (χ0n) is 22.3. The van der Waals surface area contributed by atoms with Gasteiger partial charge in [0, 0.05) is 11.1 Å². The molecule has 5 aromatic rings. The van der Waals surface area contributed by atoms with Crippen molar-refractivity contribution in [2.75, 3.05) is 19.6 Å². The first-order chi connectivity index (χ1) is 19.6. The lowest BCUT2D eigenvalue weighted by molar-refractivity contribution is 0.414. The highest BCUT2D eigenvalue weighted by Gasteiger charge is 2.11. The summed E-state index contributed by atoms with van der Waals surface area (Å²) in [6, 6.07) is 33.8. The maximum Gasteiger partial charge on any atom is 0.244 e. The minimum absolute atomic E-state index is 0.301. The summed E-state index contributed by atoms with van der Waals surface area (Å²) < 4.78 is 24.2. The minimum atomic E-state index is -0.301. The first-order valence-electron chi connectivity index (χ1n) is 12.9. The molecule has 0 saturated heterocycles. The Labute approximate surface area is 233 Å². The van der Waals surface area contributed by atoms with Gasteiger partial charge in [-0.05, 0) is 90.7 Å². The molecule has 0 atom stereocenters. The monoisotopic (exact) mass is 532 g/mol. The van der Waals surface area contributed by atoms with Gasteiger partial charge in [-0.25, -0.2) is 19.8 Å². The largest absolute Gasteiger partial charge is 0.497 e. The summed E-state index contributed by atoms with van der Waals surface area (Å²) in [7, 11) is 3.30. The molecule has 40 heavy (non-hydrogen) atoms. The summed E-state index contributed by atoms with van der Waals surface area (Å²) in [6.45, 7) is 0. The van der Waals surface area contributed by atoms with E-state index in [9.17, 15) is 4.39 Å². The van der Waals surface area contributed by atoms with Crippen LogP contribution in [0.25, 0.3) is 22.5 Å². The first-order valence-corrected chi connectivity index (χ1v) is 12.9. The average molecular weight is 533 g/mol. The minimum Gasteiger partial charge on any atom is -0.497 e. The highest BCUT2D eigenvalue weighted by Crippen LogP contribution is 2.26. The molecule has 1 heterocycles. The molecule has 0 unspecified atom stereocenters. The van der Waals surface area contributed by atoms with E-state index in [-0.39, 0.29) is 5.82 Å². The number of aryl methyl sites for hydroxylation is 1. The standard InChI is InChI=1S/C33H29FN4O2/c1-39-28-17-8-23(9-18-28)10-21-30(25-13-19-29(40-2)20-14-25)37-38-33-35-31(24-6-4-3-5-7-24)22-32(36-33)26-11-15-27(34)16-12-26/h3-9,11-20,22H,10,21H2,1-2H3,(H,35,36,38)/b37-30+. The summed E-state index contributed by atoms with van der Waals surface area (Å²) in [6.07, 6.45) is 1.46. The van der Waals surface area contributed by atoms with Crippen molar-refractivity contribution in [3.8, 4) is 34.0 Å². The number of rotatable bonds is 10. The second kappa shape index (κ2) is 12.7. The molecule has 0 spiro atoms. The van der Waals surface area contributed by atoms with Crippen molar-refractivity contribution in [2.45, 2.75) is 12.8 Å². The number of hydrogen-bond donors (Lipinski definition) is 1. The van der Waals surface area contributed by atoms with Gasteiger partial charge < -0.3 is 9.47 Å². The van der Waals surface area contributed by atoms with Gasteiger partial charge in [0.1, 0.15) is 17.3 Å². The van der Waals surface area contributed by atoms with E-state index in [4.69, 9.17) is 24.5 Å². The van der Waals surface area contributed by atoms with Crippen molar-refractivity contribution in [1.82, 2.24) is 9.97 Å². The number of hydrogen-bond acceptors (Lipinski definition) is 6. The molecule has 1 N–H and O–H groups in total. The van der Waals surface area contributed by atoms with Crippen LogP contribution in [-0.2, 0) is 6.42 Å². The van der Waals surface area contributed by atoms with Gasteiger partial charge in [0.05, 0.1) is 31.3 Å². The summed E-state index contributed by atoms with van der Waals surface area (Å²) in [5, 5.41) is 4.77. The Hall–Kier alpha value is -5.04. The van der Waals surface area contributed by atoms with Gasteiger partial charge in [0.15, 0.2) is 0 Å². The number of methoxy groups -OCH3 is 2. The van der Waals surface area contributed by atoms with Crippen LogP contribution >= 0.6 is 0 Å². The number of aromatic nitrogens is 2. The van der Waals surface area contributed by atoms with Gasteiger partial charge >= 0.3 is 0 Å². The molecular weight excluding hydrogens is 503 g/mol. The number of ether oxygens (including phenoxy) is 2. The summed E-state index contributed by atoms with van der Waals surface area (Å²) in [5.41, 5.74) is 9.19. The third-order valence-corrected chi connectivity index (χ3v) is 6.46. The second-order valence-electron chi connectivity index (χ2n) is 9.08. The van der Waals surface area contributed by atoms with Crippen LogP contribution in [0.2, 0.25) is 0 Å². The molecule has 6 nitrogen and oxygen atoms in total. The Morgan fingerprint density at radius 3 is 1.90 bits per heavy atom. The van der Waals surface area contributed by atoms with E-state index in [0.29, 0.717) is 18.1 Å². The molecule has 0 radical (unpaired) electrons. The molecule has 4 aromatic carbocycles. The topological polar surface area (TPSA) is 68.6 Å². The van der Waals surface area contributed by atoms with Crippen LogP contribution in [0.5, 0.6) is 11.5 Å². The fraction of sp³-hybridized carbons (Fsp3) is 0.121. The average Bonchev–Trinajstić information content (AvgIpc) is 3.02. The van der Waals surface area contributed by atoms with Crippen molar-refractivity contribution in [3.63, 3.8) is 0 Å². The second-order valence-corrected chi connectivity index (χ2v) is 9.08. The predicted octanol–water partition coefficient (Wildman–Crippen LogP) is 7.42. The highest BCUT2D eigenvalue weighted by molar-refractivity contribution is 6.01. The summed E-state index contributed by atoms with van der Waals surface area (Å²) >= 11 is 0. The number of anilines is 1. The Bertz CT molecular complexity index is 1570. The van der Waals surface area contributed by atoms with Gasteiger partial charge in [0.2, 0.25) is 5.95 Å². The normalized spacial score (nSPS) is 11.2. The van der Waals surface area contributed by atoms with Crippen LogP contribution in [0.4, 0.5) is 10.3 Å². The number of hydrazone groups is 1. The molecule has 0 bridgehead atoms. The summed E-state index contributed by atoms with van der Waals surface area (Å²) in [5.74, 6) is 1.64. The highest BCUT2D eigenvalue weighted by atomic mass is 19.1. The zero-order chi connectivity index (χ0) is 27.7. The van der Waals surface area contributed by atoms with E-state index in [0.717, 1.165) is 46.0 Å². The van der Waals surface area contributed by atoms with Crippen LogP contribution in [0.1, 0.15) is 17.5 Å². The Kier molecular flexibility index (Phi) is 8.41. The zero-order valence-corrected chi connectivity index (χ0v) is 22.3. The van der Waals surface area contributed by atoms with Crippen LogP contribution in [-0.4, -0.2) is 29.9 Å². The van der Waals surface area contributed by atoms with Gasteiger partial charge in [-0.15, -0.1) is 0 Å². The molecule has 7 heteroatoms. The van der Waals surface area contributed by atoms with Crippen LogP contribution in [0, 0.1) is 5.82 Å². The van der Waals surface area contributed by atoms with Gasteiger partial charge in [-0.2, -0.15) is 5.10 Å². The fourth-order valence-corrected chi connectivity index (χ4v) is 4.24. The predicted molar refractivity (Wildman–Crippen MR) is 157 cm³/mol. The van der Waals surface area contributed by atoms with Crippen molar-refractivity contribution in [1.29, 1.82) is 0 Å². The molecular formula is C33H29FN4O2. The quantitative estimate of drug-likeness (QED) is 0.150. The lowest BCUT2D eigenvalue weighted by Crippen LogP contribution is -2.08. The van der Waals surface area contributed by atoms with E-state index < -0.39 is 0 Å². The third kappa shape index (κ3) is 6.69. The van der Waals surface area contributed by atoms with Crippen molar-refractivity contribution in [3.05, 3.63) is 126 Å². The van der Waals surface area contributed by atoms with Crippen LogP contribution < -0.4 is 14.9 Å². The lowest BCUT2D eigenvalue weighted by atomic mass is 10.0. The Morgan fingerprint density at radius 2 is 1.30 bits per heavy atom. The SMILES string of the molecule is COc1ccc(CC/C(=N\Nc2nc(-c3ccccc3)cc(-c3ccc(F)cc3)n2)c2ccc(OC)cc2)cc1. The van der Waals surface area contributed by atoms with E-state index >= 15 is 0 Å². The molecule has 0 aliphatic rings. The molecule has 0 amide bonds. The van der Waals surface area contributed by atoms with Crippen molar-refractivity contribution < 1.29 is 13.9 Å². The van der Waals surface area contributed by atoms with E-state index in [1.54, 1.807) is 26.4 Å². The molecule has 1 aromatic heterocycles. The van der Waals surface area contributed by atoms with Crippen LogP contribution in [0.15, 0.2) is 114 Å². The van der Waals surface area contributed by atoms with Crippen LogP contribution in [0.3, 0.4) is 0 Å². The maximum absolute atomic E-state index is 13.6. The smallest absolute Gasteiger partial charge is 0.244 e. The third-order valence-electron chi connectivity index (χ3n) is 6.46. The summed E-state index contributed by atoms with van der Waals surface area (Å²) in [4.78, 5) is 9.44. The van der Waals surface area contributed by atoms with Crippen molar-refractivity contribution >= 4 is 11.7 Å². The van der Waals surface area contributed by atoms with E-state index in [1.807, 2.05) is 72.8 Å². The Morgan fingerprint density at radius 1 is 0.725 bits per heavy atom. The number of nitrogens with zero attached hydrogens (tertiary/aromatic N) is 3. The molecule has 0 aliphatic carbocycles. The van der Waals surface area contributed by atoms with Gasteiger partial charge in [-0.3, -0.25) is 0 Å². The van der Waals surface area contributed by atoms with Crippen molar-refractivity contribution in [2.24, 2.45) is 5.10 Å². The lowest BCUT2D eigenvalue weighted by Gasteiger charge is -2.11. The van der Waals surface area contributed by atoms with Gasteiger partial charge in [0.25, 0.3) is 0 Å². The maximum atomic E-state index is 13.6. The molecule has 0 aliphatic heterocycles. The molecule has 0 saturated carbocycles. The Balaban J connectivity index is 1.48. The number of nitrogens with one attached hydrogen (secondary N) is 1. The number of benzene rings is 4. The number of halogens is 1. The molecule has 5 rings (SSSR count).